The molecule has 4 nitrogen and oxygen atoms in total. The molecule has 0 aliphatic rings. The van der Waals surface area contributed by atoms with Crippen molar-refractivity contribution in [1.82, 2.24) is 0 Å². The third-order valence-corrected chi connectivity index (χ3v) is 0.659. The van der Waals surface area contributed by atoms with Crippen LogP contribution in [0.4, 0.5) is 0 Å². The van der Waals surface area contributed by atoms with Crippen molar-refractivity contribution in [3.8, 4) is 0 Å². The van der Waals surface area contributed by atoms with Gasteiger partial charge in [-0.3, -0.25) is 9.59 Å². The number of carbonyl (C=O) groups is 3. The molecule has 0 aromatic heterocycles. The van der Waals surface area contributed by atoms with Gasteiger partial charge >= 0.3 is 5.97 Å². The summed E-state index contributed by atoms with van der Waals surface area (Å²) in [4.78, 5) is 29.6. The molecule has 0 aromatic carbocycles. The van der Waals surface area contributed by atoms with Crippen molar-refractivity contribution in [2.24, 2.45) is 0 Å². The zero-order chi connectivity index (χ0) is 7.28. The van der Waals surface area contributed by atoms with Gasteiger partial charge in [0, 0.05) is 0 Å². The molecule has 1 N–H and O–H groups in total. The number of aliphatic carboxylic acids is 1. The number of aldehydes is 1. The maximum atomic E-state index is 10.2. The third-order valence-electron chi connectivity index (χ3n) is 0.659. The van der Waals surface area contributed by atoms with Gasteiger partial charge in [0.2, 0.25) is 0 Å². The number of carboxylic acids is 1. The highest BCUT2D eigenvalue weighted by atomic mass is 16.4. The smallest absolute Gasteiger partial charge is 0.310 e. The fourth-order valence-electron chi connectivity index (χ4n) is 0.334. The van der Waals surface area contributed by atoms with Gasteiger partial charge in [0.05, 0.1) is 6.42 Å². The lowest BCUT2D eigenvalue weighted by Crippen LogP contribution is -2.06. The Bertz CT molecular complexity index is 138. The van der Waals surface area contributed by atoms with Crippen LogP contribution < -0.4 is 0 Å². The molecule has 0 bridgehead atoms. The van der Waals surface area contributed by atoms with Crippen LogP contribution in [0.5, 0.6) is 0 Å². The molecule has 0 spiro atoms. The van der Waals surface area contributed by atoms with Crippen LogP contribution in [0.3, 0.4) is 0 Å². The van der Waals surface area contributed by atoms with Crippen LogP contribution in [0.15, 0.2) is 0 Å². The van der Waals surface area contributed by atoms with Crippen molar-refractivity contribution in [3.63, 3.8) is 0 Å². The van der Waals surface area contributed by atoms with Crippen LogP contribution in [0, 0.1) is 0 Å². The topological polar surface area (TPSA) is 71.4 Å². The number of carboxylic acid groups (broad SMARTS) is 1. The number of rotatable bonds is 4. The van der Waals surface area contributed by atoms with Crippen molar-refractivity contribution in [3.05, 3.63) is 0 Å². The van der Waals surface area contributed by atoms with Crippen molar-refractivity contribution < 1.29 is 19.5 Å². The molecule has 0 saturated carbocycles. The van der Waals surface area contributed by atoms with Gasteiger partial charge in [0.1, 0.15) is 12.7 Å². The quantitative estimate of drug-likeness (QED) is 0.416. The van der Waals surface area contributed by atoms with Gasteiger partial charge in [-0.1, -0.05) is 0 Å². The molecule has 0 amide bonds. The van der Waals surface area contributed by atoms with Crippen molar-refractivity contribution in [2.45, 2.75) is 12.8 Å². The maximum Gasteiger partial charge on any atom is 0.310 e. The highest BCUT2D eigenvalue weighted by Crippen LogP contribution is 1.85. The van der Waals surface area contributed by atoms with E-state index in [1.54, 1.807) is 0 Å². The van der Waals surface area contributed by atoms with Gasteiger partial charge in [0.15, 0.2) is 5.78 Å². The SMILES string of the molecule is O=CCC(=O)CC(=O)O. The van der Waals surface area contributed by atoms with Crippen molar-refractivity contribution in [1.29, 1.82) is 0 Å². The standard InChI is InChI=1S/C5H6O4/c6-2-1-4(7)3-5(8)9/h2H,1,3H2,(H,8,9). The Morgan fingerprint density at radius 1 is 1.44 bits per heavy atom. The maximum absolute atomic E-state index is 10.2. The minimum Gasteiger partial charge on any atom is -0.481 e. The lowest BCUT2D eigenvalue weighted by Gasteiger charge is -1.86. The van der Waals surface area contributed by atoms with Crippen LogP contribution in [0.1, 0.15) is 12.8 Å². The van der Waals surface area contributed by atoms with Gasteiger partial charge in [-0.15, -0.1) is 0 Å². The first-order chi connectivity index (χ1) is 4.16. The average Bonchev–Trinajstić information content (AvgIpc) is 1.63. The molecule has 50 valence electrons. The number of hydrogen-bond acceptors (Lipinski definition) is 3. The molecule has 0 aliphatic heterocycles. The molecule has 0 unspecified atom stereocenters. The second-order valence-corrected chi connectivity index (χ2v) is 1.48. The molecule has 4 heteroatoms. The Labute approximate surface area is 51.5 Å². The first kappa shape index (κ1) is 7.81. The average molecular weight is 130 g/mol. The van der Waals surface area contributed by atoms with Gasteiger partial charge in [0.25, 0.3) is 0 Å². The van der Waals surface area contributed by atoms with Crippen LogP contribution in [0.25, 0.3) is 0 Å². The zero-order valence-electron chi connectivity index (χ0n) is 4.66. The van der Waals surface area contributed by atoms with Gasteiger partial charge < -0.3 is 9.90 Å². The predicted molar refractivity (Wildman–Crippen MR) is 27.9 cm³/mol. The van der Waals surface area contributed by atoms with Crippen LogP contribution >= 0.6 is 0 Å². The first-order valence-electron chi connectivity index (χ1n) is 2.34. The lowest BCUT2D eigenvalue weighted by atomic mass is 10.2. The lowest BCUT2D eigenvalue weighted by molar-refractivity contribution is -0.140. The second kappa shape index (κ2) is 3.77. The number of hydrogen-bond donors (Lipinski definition) is 1. The Morgan fingerprint density at radius 3 is 2.33 bits per heavy atom. The highest BCUT2D eigenvalue weighted by Gasteiger charge is 2.05. The summed E-state index contributed by atoms with van der Waals surface area (Å²) < 4.78 is 0. The minimum absolute atomic E-state index is 0.299. The normalized spacial score (nSPS) is 8.44. The summed E-state index contributed by atoms with van der Waals surface area (Å²) in [5.74, 6) is -1.75. The second-order valence-electron chi connectivity index (χ2n) is 1.48. The summed E-state index contributed by atoms with van der Waals surface area (Å²) >= 11 is 0. The van der Waals surface area contributed by atoms with Crippen LogP contribution in [0.2, 0.25) is 0 Å². The summed E-state index contributed by atoms with van der Waals surface area (Å²) in [6.45, 7) is 0. The monoisotopic (exact) mass is 130 g/mol. The molecule has 0 saturated heterocycles. The Hall–Kier alpha value is -1.19. The van der Waals surface area contributed by atoms with E-state index in [1.807, 2.05) is 0 Å². The predicted octanol–water partition coefficient (Wildman–Crippen LogP) is -0.381. The summed E-state index contributed by atoms with van der Waals surface area (Å²) in [5, 5.41) is 7.97. The molecule has 0 heterocycles. The molecule has 0 aliphatic carbocycles. The molecule has 0 aromatic rings. The fourth-order valence-corrected chi connectivity index (χ4v) is 0.334. The first-order valence-corrected chi connectivity index (χ1v) is 2.34. The Morgan fingerprint density at radius 2 is 2.00 bits per heavy atom. The van der Waals surface area contributed by atoms with E-state index < -0.39 is 18.2 Å². The van der Waals surface area contributed by atoms with E-state index in [0.717, 1.165) is 0 Å². The van der Waals surface area contributed by atoms with E-state index >= 15 is 0 Å². The molecule has 0 radical (unpaired) electrons. The van der Waals surface area contributed by atoms with Gasteiger partial charge in [-0.05, 0) is 0 Å². The Balaban J connectivity index is 3.50. The molecule has 0 rings (SSSR count). The largest absolute Gasteiger partial charge is 0.481 e. The van der Waals surface area contributed by atoms with E-state index in [1.165, 1.54) is 0 Å². The molecule has 0 atom stereocenters. The number of carbonyl (C=O) groups excluding carboxylic acids is 2. The van der Waals surface area contributed by atoms with Crippen LogP contribution in [-0.4, -0.2) is 23.1 Å². The van der Waals surface area contributed by atoms with E-state index in [4.69, 9.17) is 5.11 Å². The van der Waals surface area contributed by atoms with Crippen LogP contribution in [-0.2, 0) is 14.4 Å². The zero-order valence-corrected chi connectivity index (χ0v) is 4.66. The summed E-state index contributed by atoms with van der Waals surface area (Å²) in [6, 6.07) is 0. The van der Waals surface area contributed by atoms with Gasteiger partial charge in [-0.25, -0.2) is 0 Å². The molecule has 9 heavy (non-hydrogen) atoms. The van der Waals surface area contributed by atoms with E-state index in [-0.39, 0.29) is 6.42 Å². The van der Waals surface area contributed by atoms with Crippen molar-refractivity contribution >= 4 is 18.0 Å². The van der Waals surface area contributed by atoms with Gasteiger partial charge in [-0.2, -0.15) is 0 Å². The summed E-state index contributed by atoms with van der Waals surface area (Å²) in [7, 11) is 0. The molecular weight excluding hydrogens is 124 g/mol. The van der Waals surface area contributed by atoms with E-state index in [0.29, 0.717) is 6.29 Å². The molecule has 0 fully saturated rings. The third kappa shape index (κ3) is 4.67. The highest BCUT2D eigenvalue weighted by molar-refractivity contribution is 6.00. The van der Waals surface area contributed by atoms with Crippen molar-refractivity contribution in [2.75, 3.05) is 0 Å². The van der Waals surface area contributed by atoms with E-state index in [9.17, 15) is 14.4 Å². The Kier molecular flexibility index (Phi) is 3.27. The summed E-state index contributed by atoms with van der Waals surface area (Å²) in [6.07, 6.45) is -0.462. The number of Topliss-reactive ketones (excluding diaryl/α,β-unsaturated/α-hetero) is 1. The molecular formula is C5H6O4. The summed E-state index contributed by atoms with van der Waals surface area (Å²) in [5.41, 5.74) is 0. The minimum atomic E-state index is -1.19. The fraction of sp³-hybridized carbons (Fsp3) is 0.400. The number of ketones is 1. The van der Waals surface area contributed by atoms with E-state index in [2.05, 4.69) is 0 Å².